The van der Waals surface area contributed by atoms with Crippen LogP contribution in [-0.4, -0.2) is 25.0 Å². The molecule has 0 aromatic heterocycles. The van der Waals surface area contributed by atoms with Crippen molar-refractivity contribution in [2.24, 2.45) is 5.92 Å². The van der Waals surface area contributed by atoms with E-state index in [1.165, 1.54) is 0 Å². The molecular weight excluding hydrogens is 194 g/mol. The van der Waals surface area contributed by atoms with Crippen LogP contribution in [0.3, 0.4) is 0 Å². The van der Waals surface area contributed by atoms with Crippen molar-refractivity contribution in [1.29, 1.82) is 0 Å². The van der Waals surface area contributed by atoms with Gasteiger partial charge in [-0.25, -0.2) is 4.79 Å². The summed E-state index contributed by atoms with van der Waals surface area (Å²) in [5.74, 6) is -0.742. The van der Waals surface area contributed by atoms with Gasteiger partial charge in [-0.1, -0.05) is 13.0 Å². The van der Waals surface area contributed by atoms with E-state index in [1.807, 2.05) is 6.92 Å². The molecule has 1 fully saturated rings. The molecule has 15 heavy (non-hydrogen) atoms. The number of amides is 1. The van der Waals surface area contributed by atoms with Gasteiger partial charge in [-0.15, -0.1) is 0 Å². The second kappa shape index (κ2) is 5.53. The quantitative estimate of drug-likeness (QED) is 0.558. The summed E-state index contributed by atoms with van der Waals surface area (Å²) in [5.41, 5.74) is 0.509. The number of esters is 1. The number of allylic oxidation sites excluding steroid dienone is 1. The summed E-state index contributed by atoms with van der Waals surface area (Å²) < 4.78 is 4.93. The molecule has 4 heteroatoms. The monoisotopic (exact) mass is 211 g/mol. The minimum absolute atomic E-state index is 0.0669. The third kappa shape index (κ3) is 2.81. The van der Waals surface area contributed by atoms with E-state index < -0.39 is 0 Å². The van der Waals surface area contributed by atoms with E-state index in [-0.39, 0.29) is 17.8 Å². The van der Waals surface area contributed by atoms with Crippen LogP contribution in [0.5, 0.6) is 0 Å². The molecule has 0 aliphatic carbocycles. The number of carbonyl (C=O) groups is 2. The Labute approximate surface area is 89.7 Å². The average Bonchev–Trinajstić information content (AvgIpc) is 2.61. The first-order chi connectivity index (χ1) is 7.20. The van der Waals surface area contributed by atoms with Gasteiger partial charge in [0.15, 0.2) is 0 Å². The van der Waals surface area contributed by atoms with E-state index in [2.05, 4.69) is 5.32 Å². The van der Waals surface area contributed by atoms with Gasteiger partial charge in [-0.2, -0.15) is 0 Å². The van der Waals surface area contributed by atoms with Gasteiger partial charge in [-0.3, -0.25) is 4.79 Å². The highest BCUT2D eigenvalue weighted by Crippen LogP contribution is 2.21. The number of ether oxygens (including phenoxy) is 1. The normalized spacial score (nSPS) is 21.3. The molecule has 1 saturated heterocycles. The molecule has 84 valence electrons. The summed E-state index contributed by atoms with van der Waals surface area (Å²) in [5, 5.41) is 2.72. The molecule has 4 nitrogen and oxygen atoms in total. The minimum atomic E-state index is -0.360. The third-order valence-electron chi connectivity index (χ3n) is 2.36. The summed E-state index contributed by atoms with van der Waals surface area (Å²) in [4.78, 5) is 23.0. The predicted molar refractivity (Wildman–Crippen MR) is 56.1 cm³/mol. The number of hydrogen-bond acceptors (Lipinski definition) is 3. The van der Waals surface area contributed by atoms with E-state index in [9.17, 15) is 9.59 Å². The lowest BCUT2D eigenvalue weighted by atomic mass is 9.96. The first-order valence-electron chi connectivity index (χ1n) is 5.35. The van der Waals surface area contributed by atoms with E-state index in [1.54, 1.807) is 13.0 Å². The highest BCUT2D eigenvalue weighted by molar-refractivity contribution is 5.97. The Morgan fingerprint density at radius 3 is 2.80 bits per heavy atom. The lowest BCUT2D eigenvalue weighted by Gasteiger charge is -2.11. The maximum atomic E-state index is 11.6. The summed E-state index contributed by atoms with van der Waals surface area (Å²) in [6.45, 7) is 4.68. The topological polar surface area (TPSA) is 55.4 Å². The molecule has 1 unspecified atom stereocenters. The van der Waals surface area contributed by atoms with Crippen molar-refractivity contribution in [1.82, 2.24) is 5.32 Å². The van der Waals surface area contributed by atoms with Crippen LogP contribution in [0.1, 0.15) is 26.7 Å². The fourth-order valence-electron chi connectivity index (χ4n) is 1.69. The van der Waals surface area contributed by atoms with Gasteiger partial charge < -0.3 is 10.1 Å². The highest BCUT2D eigenvalue weighted by atomic mass is 16.5. The zero-order chi connectivity index (χ0) is 11.3. The maximum absolute atomic E-state index is 11.6. The molecule has 0 aromatic rings. The van der Waals surface area contributed by atoms with Crippen LogP contribution < -0.4 is 5.32 Å². The van der Waals surface area contributed by atoms with Crippen molar-refractivity contribution in [3.63, 3.8) is 0 Å². The molecule has 1 aliphatic heterocycles. The van der Waals surface area contributed by atoms with Crippen molar-refractivity contribution < 1.29 is 14.3 Å². The molecule has 1 atom stereocenters. The Bertz CT molecular complexity index is 284. The molecule has 0 radical (unpaired) electrons. The molecule has 0 saturated carbocycles. The lowest BCUT2D eigenvalue weighted by Crippen LogP contribution is -2.24. The van der Waals surface area contributed by atoms with Gasteiger partial charge in [0.05, 0.1) is 12.5 Å². The van der Waals surface area contributed by atoms with E-state index in [4.69, 9.17) is 4.74 Å². The first kappa shape index (κ1) is 11.8. The van der Waals surface area contributed by atoms with E-state index >= 15 is 0 Å². The Hall–Kier alpha value is -1.32. The molecule has 1 rings (SSSR count). The predicted octanol–water partition coefficient (Wildman–Crippen LogP) is 1.02. The molecule has 1 N–H and O–H groups in total. The lowest BCUT2D eigenvalue weighted by molar-refractivity contribution is -0.140. The van der Waals surface area contributed by atoms with Gasteiger partial charge in [-0.05, 0) is 19.8 Å². The minimum Gasteiger partial charge on any atom is -0.463 e. The Balaban J connectivity index is 2.78. The summed E-state index contributed by atoms with van der Waals surface area (Å²) in [6, 6.07) is 0. The van der Waals surface area contributed by atoms with Crippen LogP contribution in [0.25, 0.3) is 0 Å². The Morgan fingerprint density at radius 1 is 1.60 bits per heavy atom. The van der Waals surface area contributed by atoms with Crippen molar-refractivity contribution in [2.75, 3.05) is 13.2 Å². The molecule has 0 aromatic carbocycles. The van der Waals surface area contributed by atoms with Gasteiger partial charge in [0.2, 0.25) is 5.91 Å². The van der Waals surface area contributed by atoms with Gasteiger partial charge >= 0.3 is 5.97 Å². The van der Waals surface area contributed by atoms with Crippen LogP contribution in [0.15, 0.2) is 11.6 Å². The smallest absolute Gasteiger partial charge is 0.334 e. The largest absolute Gasteiger partial charge is 0.463 e. The fourth-order valence-corrected chi connectivity index (χ4v) is 1.69. The second-order valence-electron chi connectivity index (χ2n) is 3.42. The number of rotatable bonds is 4. The van der Waals surface area contributed by atoms with Crippen molar-refractivity contribution in [3.05, 3.63) is 11.6 Å². The molecule has 1 heterocycles. The van der Waals surface area contributed by atoms with Crippen molar-refractivity contribution >= 4 is 11.9 Å². The maximum Gasteiger partial charge on any atom is 0.334 e. The first-order valence-corrected chi connectivity index (χ1v) is 5.35. The van der Waals surface area contributed by atoms with Gasteiger partial charge in [0.1, 0.15) is 0 Å². The van der Waals surface area contributed by atoms with E-state index in [0.717, 1.165) is 6.42 Å². The van der Waals surface area contributed by atoms with E-state index in [0.29, 0.717) is 25.1 Å². The summed E-state index contributed by atoms with van der Waals surface area (Å²) in [6.07, 6.45) is 3.20. The number of hydrogen-bond donors (Lipinski definition) is 1. The van der Waals surface area contributed by atoms with Gasteiger partial charge in [0, 0.05) is 12.1 Å². The molecule has 1 amide bonds. The molecule has 0 bridgehead atoms. The van der Waals surface area contributed by atoms with Crippen LogP contribution in [-0.2, 0) is 14.3 Å². The highest BCUT2D eigenvalue weighted by Gasteiger charge is 2.31. The number of carbonyl (C=O) groups excluding carboxylic acids is 2. The summed E-state index contributed by atoms with van der Waals surface area (Å²) >= 11 is 0. The standard InChI is InChI=1S/C11H17NO3/c1-3-5-9(11(14)15-4-2)8-6-7-12-10(8)13/h5,8H,3-4,6-7H2,1-2H3,(H,12,13). The molecular formula is C11H17NO3. The Kier molecular flexibility index (Phi) is 4.34. The van der Waals surface area contributed by atoms with Crippen molar-refractivity contribution in [3.8, 4) is 0 Å². The zero-order valence-corrected chi connectivity index (χ0v) is 9.21. The zero-order valence-electron chi connectivity index (χ0n) is 9.21. The molecule has 1 aliphatic rings. The third-order valence-corrected chi connectivity index (χ3v) is 2.36. The summed E-state index contributed by atoms with van der Waals surface area (Å²) in [7, 11) is 0. The van der Waals surface area contributed by atoms with Gasteiger partial charge in [0.25, 0.3) is 0 Å². The Morgan fingerprint density at radius 2 is 2.33 bits per heavy atom. The SMILES string of the molecule is CCC=C(C(=O)OCC)C1CCNC1=O. The number of nitrogens with one attached hydrogen (secondary N) is 1. The van der Waals surface area contributed by atoms with Crippen LogP contribution >= 0.6 is 0 Å². The fraction of sp³-hybridized carbons (Fsp3) is 0.636. The van der Waals surface area contributed by atoms with Crippen LogP contribution in [0.4, 0.5) is 0 Å². The average molecular weight is 211 g/mol. The second-order valence-corrected chi connectivity index (χ2v) is 3.42. The molecule has 0 spiro atoms. The van der Waals surface area contributed by atoms with Crippen molar-refractivity contribution in [2.45, 2.75) is 26.7 Å². The van der Waals surface area contributed by atoms with Crippen LogP contribution in [0, 0.1) is 5.92 Å². The van der Waals surface area contributed by atoms with Crippen LogP contribution in [0.2, 0.25) is 0 Å².